The minimum Gasteiger partial charge on any atom is -0.854 e. The summed E-state index contributed by atoms with van der Waals surface area (Å²) in [5.74, 6) is 0. The van der Waals surface area contributed by atoms with Gasteiger partial charge >= 0.3 is 59.1 Å². The van der Waals surface area contributed by atoms with Crippen molar-refractivity contribution in [3.05, 3.63) is 0 Å². The molecule has 8 heteroatoms. The average Bonchev–Trinajstić information content (AvgIpc) is 1.65. The normalized spacial score (nSPS) is 10.2. The van der Waals surface area contributed by atoms with Crippen LogP contribution in [0.1, 0.15) is 0 Å². The maximum Gasteiger partial charge on any atom is 1.00 e. The van der Waals surface area contributed by atoms with E-state index in [1.165, 1.54) is 0 Å². The predicted octanol–water partition coefficient (Wildman–Crippen LogP) is -9.03. The van der Waals surface area contributed by atoms with Crippen molar-refractivity contribution in [2.24, 2.45) is 0 Å². The molecule has 0 atom stereocenters. The van der Waals surface area contributed by atoms with Gasteiger partial charge in [0.05, 0.1) is 5.25 Å². The van der Waals surface area contributed by atoms with Gasteiger partial charge in [-0.25, -0.2) is 0 Å². The molecule has 0 rings (SSSR count). The Kier molecular flexibility index (Phi) is 14.2. The van der Waals surface area contributed by atoms with Crippen molar-refractivity contribution in [1.82, 2.24) is 0 Å². The fourth-order valence-electron chi connectivity index (χ4n) is 0.220. The summed E-state index contributed by atoms with van der Waals surface area (Å²) in [5.41, 5.74) is 0. The zero-order chi connectivity index (χ0) is 7.49. The maximum atomic E-state index is 9.95. The van der Waals surface area contributed by atoms with Gasteiger partial charge in [-0.05, 0) is 0 Å². The molecular weight excluding hydrogens is 194 g/mol. The van der Waals surface area contributed by atoms with Gasteiger partial charge in [0.1, 0.15) is 0 Å². The van der Waals surface area contributed by atoms with Crippen LogP contribution in [0, 0.1) is 0 Å². The van der Waals surface area contributed by atoms with Gasteiger partial charge in [0.25, 0.3) is 10.1 Å². The Hall–Kier alpha value is 1.83. The average molecular weight is 200 g/mol. The Balaban J connectivity index is -0.000000320. The predicted molar refractivity (Wildman–Crippen MR) is 25.1 cm³/mol. The van der Waals surface area contributed by atoms with Crippen LogP contribution in [0.3, 0.4) is 0 Å². The van der Waals surface area contributed by atoms with E-state index in [1.54, 1.807) is 0 Å². The molecule has 0 bridgehead atoms. The van der Waals surface area contributed by atoms with Crippen molar-refractivity contribution in [3.63, 3.8) is 0 Å². The van der Waals surface area contributed by atoms with Crippen LogP contribution in [0.15, 0.2) is 0 Å². The first-order chi connectivity index (χ1) is 4.02. The van der Waals surface area contributed by atoms with Crippen molar-refractivity contribution < 1.29 is 82.3 Å². The van der Waals surface area contributed by atoms with Gasteiger partial charge in [0.15, 0.2) is 0 Å². The molecular formula is C3H6Na2O5S. The molecule has 0 aromatic heterocycles. The molecule has 0 heterocycles. The molecule has 0 aromatic carbocycles. The van der Waals surface area contributed by atoms with Gasteiger partial charge in [-0.2, -0.15) is 8.42 Å². The monoisotopic (exact) mass is 200 g/mol. The first kappa shape index (κ1) is 18.6. The molecule has 0 aliphatic rings. The maximum absolute atomic E-state index is 9.95. The molecule has 0 spiro atoms. The topological polar surface area (TPSA) is 100 Å². The minimum absolute atomic E-state index is 0. The van der Waals surface area contributed by atoms with Crippen LogP contribution in [-0.2, 0) is 10.1 Å². The summed E-state index contributed by atoms with van der Waals surface area (Å²) >= 11 is 0. The van der Waals surface area contributed by atoms with E-state index < -0.39 is 28.6 Å². The van der Waals surface area contributed by atoms with Gasteiger partial charge in [0.2, 0.25) is 0 Å². The van der Waals surface area contributed by atoms with Crippen molar-refractivity contribution in [3.8, 4) is 0 Å². The molecule has 0 radical (unpaired) electrons. The van der Waals surface area contributed by atoms with E-state index in [0.717, 1.165) is 0 Å². The first-order valence-corrected chi connectivity index (χ1v) is 3.65. The zero-order valence-corrected chi connectivity index (χ0v) is 11.3. The molecule has 0 fully saturated rings. The quantitative estimate of drug-likeness (QED) is 0.360. The second kappa shape index (κ2) is 8.43. The fourth-order valence-corrected chi connectivity index (χ4v) is 0.564. The van der Waals surface area contributed by atoms with Crippen molar-refractivity contribution in [1.29, 1.82) is 0 Å². The van der Waals surface area contributed by atoms with E-state index in [2.05, 4.69) is 0 Å². The first-order valence-electron chi connectivity index (χ1n) is 2.15. The third-order valence-corrected chi connectivity index (χ3v) is 1.91. The van der Waals surface area contributed by atoms with E-state index in [0.29, 0.717) is 0 Å². The van der Waals surface area contributed by atoms with Crippen molar-refractivity contribution in [2.75, 3.05) is 13.2 Å². The number of hydrogen-bond acceptors (Lipinski definition) is 4. The molecule has 11 heavy (non-hydrogen) atoms. The standard InChI is InChI=1S/C3H6O5S.2Na/c4-1-3(2-5)9(6,7)8;;/h3H,1-2H2,(H,6,7,8);;/q-2;2*+1. The molecule has 56 valence electrons. The third kappa shape index (κ3) is 8.17. The minimum atomic E-state index is -4.39. The van der Waals surface area contributed by atoms with Gasteiger partial charge < -0.3 is 10.2 Å². The van der Waals surface area contributed by atoms with Gasteiger partial charge in [0, 0.05) is 0 Å². The third-order valence-electron chi connectivity index (χ3n) is 0.793. The van der Waals surface area contributed by atoms with E-state index in [1.807, 2.05) is 0 Å². The van der Waals surface area contributed by atoms with E-state index >= 15 is 0 Å². The van der Waals surface area contributed by atoms with Crippen LogP contribution in [0.2, 0.25) is 0 Å². The van der Waals surface area contributed by atoms with Gasteiger partial charge in [-0.3, -0.25) is 4.55 Å². The Morgan fingerprint density at radius 3 is 1.45 bits per heavy atom. The molecule has 0 saturated carbocycles. The molecule has 0 aliphatic heterocycles. The van der Waals surface area contributed by atoms with E-state index in [9.17, 15) is 18.6 Å². The summed E-state index contributed by atoms with van der Waals surface area (Å²) < 4.78 is 27.9. The van der Waals surface area contributed by atoms with Crippen LogP contribution < -0.4 is 69.3 Å². The molecule has 5 nitrogen and oxygen atoms in total. The van der Waals surface area contributed by atoms with E-state index in [-0.39, 0.29) is 59.1 Å². The molecule has 1 N–H and O–H groups in total. The van der Waals surface area contributed by atoms with Crippen LogP contribution >= 0.6 is 0 Å². The summed E-state index contributed by atoms with van der Waals surface area (Å²) in [7, 11) is -4.39. The van der Waals surface area contributed by atoms with Crippen LogP contribution in [0.4, 0.5) is 0 Å². The second-order valence-electron chi connectivity index (χ2n) is 1.47. The molecule has 0 unspecified atom stereocenters. The number of rotatable bonds is 3. The Labute approximate surface area is 110 Å². The molecule has 0 amide bonds. The van der Waals surface area contributed by atoms with Crippen molar-refractivity contribution in [2.45, 2.75) is 5.25 Å². The van der Waals surface area contributed by atoms with Gasteiger partial charge in [-0.15, -0.1) is 13.2 Å². The van der Waals surface area contributed by atoms with Gasteiger partial charge in [-0.1, -0.05) is 0 Å². The second-order valence-corrected chi connectivity index (χ2v) is 3.17. The largest absolute Gasteiger partial charge is 1.00 e. The molecule has 0 aromatic rings. The van der Waals surface area contributed by atoms with E-state index in [4.69, 9.17) is 4.55 Å². The van der Waals surface area contributed by atoms with Crippen LogP contribution in [0.5, 0.6) is 0 Å². The summed E-state index contributed by atoms with van der Waals surface area (Å²) in [6, 6.07) is 0. The Morgan fingerprint density at radius 2 is 1.45 bits per heavy atom. The SMILES string of the molecule is O=S(=O)(O)C(C[O-])C[O-].[Na+].[Na+]. The Bertz CT molecular complexity index is 163. The summed E-state index contributed by atoms with van der Waals surface area (Å²) in [5, 5.41) is 17.9. The zero-order valence-electron chi connectivity index (χ0n) is 6.48. The summed E-state index contributed by atoms with van der Waals surface area (Å²) in [6.45, 7) is -2.16. The smallest absolute Gasteiger partial charge is 0.854 e. The molecule has 0 saturated heterocycles. The molecule has 0 aliphatic carbocycles. The van der Waals surface area contributed by atoms with Crippen LogP contribution in [-0.4, -0.2) is 31.4 Å². The summed E-state index contributed by atoms with van der Waals surface area (Å²) in [6.07, 6.45) is 0. The van der Waals surface area contributed by atoms with Crippen molar-refractivity contribution >= 4 is 10.1 Å². The Morgan fingerprint density at radius 1 is 1.18 bits per heavy atom. The number of hydrogen-bond donors (Lipinski definition) is 1. The fraction of sp³-hybridized carbons (Fsp3) is 1.00. The summed E-state index contributed by atoms with van der Waals surface area (Å²) in [4.78, 5) is 0. The van der Waals surface area contributed by atoms with Crippen LogP contribution in [0.25, 0.3) is 0 Å².